The lowest BCUT2D eigenvalue weighted by Gasteiger charge is -2.39. The molecule has 2 aromatic rings. The van der Waals surface area contributed by atoms with Gasteiger partial charge < -0.3 is 19.7 Å². The van der Waals surface area contributed by atoms with Crippen molar-refractivity contribution in [3.05, 3.63) is 59.7 Å². The van der Waals surface area contributed by atoms with Gasteiger partial charge in [-0.25, -0.2) is 0 Å². The summed E-state index contributed by atoms with van der Waals surface area (Å²) < 4.78 is 47.1. The van der Waals surface area contributed by atoms with Gasteiger partial charge in [0.05, 0.1) is 7.11 Å². The van der Waals surface area contributed by atoms with E-state index in [0.717, 1.165) is 26.1 Å². The Morgan fingerprint density at radius 3 is 2.55 bits per heavy atom. The van der Waals surface area contributed by atoms with E-state index >= 15 is 0 Å². The normalized spacial score (nSPS) is 20.4. The minimum Gasteiger partial charge on any atom is -0.496 e. The summed E-state index contributed by atoms with van der Waals surface area (Å²) in [4.78, 5) is 2.42. The number of methoxy groups -OCH3 is 1. The third kappa shape index (κ3) is 5.87. The first-order valence-electron chi connectivity index (χ1n) is 9.83. The third-order valence-electron chi connectivity index (χ3n) is 5.41. The van der Waals surface area contributed by atoms with Crippen molar-refractivity contribution in [2.45, 2.75) is 38.2 Å². The average Bonchev–Trinajstić information content (AvgIpc) is 2.71. The Balaban J connectivity index is 1.75. The fourth-order valence-electron chi connectivity index (χ4n) is 3.92. The minimum atomic E-state index is -4.72. The van der Waals surface area contributed by atoms with Gasteiger partial charge in [0.25, 0.3) is 0 Å². The number of hydrogen-bond donors (Lipinski definition) is 1. The van der Waals surface area contributed by atoms with E-state index in [1.807, 2.05) is 18.2 Å². The monoisotopic (exact) mass is 408 g/mol. The van der Waals surface area contributed by atoms with Crippen LogP contribution < -0.4 is 14.8 Å². The van der Waals surface area contributed by atoms with Crippen LogP contribution in [0, 0.1) is 0 Å². The molecule has 1 aliphatic heterocycles. The highest BCUT2D eigenvalue weighted by Crippen LogP contribution is 2.31. The molecule has 158 valence electrons. The molecule has 0 radical (unpaired) electrons. The first kappa shape index (κ1) is 21.5. The Hall–Kier alpha value is -2.25. The number of halogens is 3. The minimum absolute atomic E-state index is 0.220. The summed E-state index contributed by atoms with van der Waals surface area (Å²) in [6.45, 7) is 5.50. The molecule has 0 aliphatic carbocycles. The molecule has 3 rings (SSSR count). The van der Waals surface area contributed by atoms with Gasteiger partial charge in [0, 0.05) is 30.6 Å². The van der Waals surface area contributed by atoms with E-state index in [2.05, 4.69) is 34.0 Å². The maximum absolute atomic E-state index is 12.6. The van der Waals surface area contributed by atoms with Gasteiger partial charge in [0.15, 0.2) is 0 Å². The van der Waals surface area contributed by atoms with Crippen molar-refractivity contribution in [2.24, 2.45) is 0 Å². The van der Waals surface area contributed by atoms with Crippen LogP contribution in [0.25, 0.3) is 0 Å². The number of likely N-dealkylation sites (N-methyl/N-ethyl adjacent to an activating group) is 1. The Kier molecular flexibility index (Phi) is 7.03. The summed E-state index contributed by atoms with van der Waals surface area (Å²) in [5, 5.41) is 3.55. The number of benzene rings is 2. The number of nitrogens with one attached hydrogen (secondary N) is 1. The summed E-state index contributed by atoms with van der Waals surface area (Å²) >= 11 is 0. The van der Waals surface area contributed by atoms with Crippen LogP contribution in [0.1, 0.15) is 30.4 Å². The van der Waals surface area contributed by atoms with E-state index in [4.69, 9.17) is 4.74 Å². The van der Waals surface area contributed by atoms with Crippen LogP contribution in [0.15, 0.2) is 48.5 Å². The molecule has 1 fully saturated rings. The van der Waals surface area contributed by atoms with Gasteiger partial charge in [-0.2, -0.15) is 0 Å². The molecule has 1 N–H and O–H groups in total. The van der Waals surface area contributed by atoms with Crippen molar-refractivity contribution in [1.29, 1.82) is 0 Å². The smallest absolute Gasteiger partial charge is 0.496 e. The second kappa shape index (κ2) is 9.50. The molecule has 29 heavy (non-hydrogen) atoms. The highest BCUT2D eigenvalue weighted by Gasteiger charge is 2.32. The molecular formula is C22H27F3N2O2. The lowest BCUT2D eigenvalue weighted by Crippen LogP contribution is -2.47. The average molecular weight is 408 g/mol. The van der Waals surface area contributed by atoms with E-state index in [9.17, 15) is 13.2 Å². The van der Waals surface area contributed by atoms with Crippen molar-refractivity contribution >= 4 is 0 Å². The number of nitrogens with zero attached hydrogens (tertiary/aromatic N) is 1. The summed E-state index contributed by atoms with van der Waals surface area (Å²) in [7, 11) is 1.51. The topological polar surface area (TPSA) is 33.7 Å². The second-order valence-electron chi connectivity index (χ2n) is 7.21. The number of piperidine rings is 1. The van der Waals surface area contributed by atoms with Gasteiger partial charge in [-0.1, -0.05) is 37.3 Å². The molecule has 0 spiro atoms. The molecule has 0 bridgehead atoms. The third-order valence-corrected chi connectivity index (χ3v) is 5.41. The SMILES string of the molecule is CCN1CC[C@H](NCc2cc(OC(F)(F)F)ccc2OC)[C@H](c2ccccc2)C1. The Morgan fingerprint density at radius 1 is 1.14 bits per heavy atom. The zero-order valence-corrected chi connectivity index (χ0v) is 16.7. The van der Waals surface area contributed by atoms with Crippen molar-refractivity contribution in [3.63, 3.8) is 0 Å². The van der Waals surface area contributed by atoms with Gasteiger partial charge in [-0.15, -0.1) is 13.2 Å². The molecule has 0 aromatic heterocycles. The predicted octanol–water partition coefficient (Wildman–Crippen LogP) is 4.56. The lowest BCUT2D eigenvalue weighted by atomic mass is 9.86. The van der Waals surface area contributed by atoms with Crippen molar-refractivity contribution in [2.75, 3.05) is 26.7 Å². The van der Waals surface area contributed by atoms with Crippen LogP contribution in [0.3, 0.4) is 0 Å². The zero-order chi connectivity index (χ0) is 20.9. The van der Waals surface area contributed by atoms with Gasteiger partial charge in [0.2, 0.25) is 0 Å². The number of likely N-dealkylation sites (tertiary alicyclic amines) is 1. The van der Waals surface area contributed by atoms with Crippen LogP contribution in [0.5, 0.6) is 11.5 Å². The number of rotatable bonds is 7. The first-order valence-corrected chi connectivity index (χ1v) is 9.83. The highest BCUT2D eigenvalue weighted by molar-refractivity contribution is 5.40. The zero-order valence-electron chi connectivity index (χ0n) is 16.7. The van der Waals surface area contributed by atoms with Gasteiger partial charge in [-0.05, 0) is 43.3 Å². The highest BCUT2D eigenvalue weighted by atomic mass is 19.4. The van der Waals surface area contributed by atoms with Crippen molar-refractivity contribution in [3.8, 4) is 11.5 Å². The van der Waals surface area contributed by atoms with Crippen LogP contribution in [-0.4, -0.2) is 44.0 Å². The molecule has 4 nitrogen and oxygen atoms in total. The second-order valence-corrected chi connectivity index (χ2v) is 7.21. The van der Waals surface area contributed by atoms with Gasteiger partial charge >= 0.3 is 6.36 Å². The van der Waals surface area contributed by atoms with E-state index in [1.54, 1.807) is 0 Å². The van der Waals surface area contributed by atoms with Crippen LogP contribution in [0.2, 0.25) is 0 Å². The number of alkyl halides is 3. The molecule has 1 saturated heterocycles. The van der Waals surface area contributed by atoms with Crippen molar-refractivity contribution in [1.82, 2.24) is 10.2 Å². The number of hydrogen-bond acceptors (Lipinski definition) is 4. The molecule has 2 aromatic carbocycles. The molecule has 0 unspecified atom stereocenters. The maximum Gasteiger partial charge on any atom is 0.573 e. The first-order chi connectivity index (χ1) is 13.9. The largest absolute Gasteiger partial charge is 0.573 e. The quantitative estimate of drug-likeness (QED) is 0.728. The Labute approximate surface area is 169 Å². The summed E-state index contributed by atoms with van der Waals surface area (Å²) in [5.41, 5.74) is 1.91. The fourth-order valence-corrected chi connectivity index (χ4v) is 3.92. The molecule has 0 amide bonds. The van der Waals surface area contributed by atoms with Crippen LogP contribution >= 0.6 is 0 Å². The van der Waals surface area contributed by atoms with E-state index in [1.165, 1.54) is 30.9 Å². The summed E-state index contributed by atoms with van der Waals surface area (Å²) in [6.07, 6.45) is -3.75. The maximum atomic E-state index is 12.6. The van der Waals surface area contributed by atoms with Crippen LogP contribution in [-0.2, 0) is 6.54 Å². The summed E-state index contributed by atoms with van der Waals surface area (Å²) in [6, 6.07) is 14.7. The van der Waals surface area contributed by atoms with E-state index < -0.39 is 6.36 Å². The van der Waals surface area contributed by atoms with Crippen molar-refractivity contribution < 1.29 is 22.6 Å². The van der Waals surface area contributed by atoms with Gasteiger partial charge in [-0.3, -0.25) is 0 Å². The lowest BCUT2D eigenvalue weighted by molar-refractivity contribution is -0.274. The molecule has 1 heterocycles. The standard InChI is InChI=1S/C22H27F3N2O2/c1-3-27-12-11-20(19(15-27)16-7-5-4-6-8-16)26-14-17-13-18(29-22(23,24)25)9-10-21(17)28-2/h4-10,13,19-20,26H,3,11-12,14-15H2,1-2H3/t19-,20-/m0/s1. The van der Waals surface area contributed by atoms with Gasteiger partial charge in [0.1, 0.15) is 11.5 Å². The van der Waals surface area contributed by atoms with Crippen LogP contribution in [0.4, 0.5) is 13.2 Å². The molecular weight excluding hydrogens is 381 g/mol. The Morgan fingerprint density at radius 2 is 1.90 bits per heavy atom. The Bertz CT molecular complexity index is 783. The molecule has 7 heteroatoms. The fraction of sp³-hybridized carbons (Fsp3) is 0.455. The van der Waals surface area contributed by atoms with E-state index in [-0.39, 0.29) is 11.8 Å². The molecule has 2 atom stereocenters. The molecule has 1 aliphatic rings. The molecule has 0 saturated carbocycles. The summed E-state index contributed by atoms with van der Waals surface area (Å²) in [5.74, 6) is 0.607. The van der Waals surface area contributed by atoms with E-state index in [0.29, 0.717) is 23.8 Å². The number of ether oxygens (including phenoxy) is 2. The predicted molar refractivity (Wildman–Crippen MR) is 106 cm³/mol.